The Hall–Kier alpha value is -4.16. The van der Waals surface area contributed by atoms with E-state index in [1.54, 1.807) is 48.6 Å². The monoisotopic (exact) mass is 792 g/mol. The van der Waals surface area contributed by atoms with Gasteiger partial charge in [0.25, 0.3) is 0 Å². The molecule has 0 saturated carbocycles. The first kappa shape index (κ1) is 43.6. The van der Waals surface area contributed by atoms with E-state index < -0.39 is 42.0 Å². The zero-order valence-electron chi connectivity index (χ0n) is 32.5. The third-order valence-corrected chi connectivity index (χ3v) is 14.0. The van der Waals surface area contributed by atoms with Gasteiger partial charge in [-0.05, 0) is 92.5 Å². The van der Waals surface area contributed by atoms with Crippen LogP contribution in [0.25, 0.3) is 0 Å². The first-order chi connectivity index (χ1) is 26.6. The highest BCUT2D eigenvalue weighted by atomic mass is 32.2. The first-order valence-electron chi connectivity index (χ1n) is 20.0. The largest absolute Gasteiger partial charge is 0.385 e. The quantitative estimate of drug-likeness (QED) is 0.0845. The molecule has 4 rings (SSSR count). The number of amides is 2. The summed E-state index contributed by atoms with van der Waals surface area (Å²) >= 11 is 0. The summed E-state index contributed by atoms with van der Waals surface area (Å²) in [5, 5.41) is 9.97. The Morgan fingerprint density at radius 1 is 0.545 bits per heavy atom. The van der Waals surface area contributed by atoms with Crippen LogP contribution in [0.4, 0.5) is 0 Å². The lowest BCUT2D eigenvalue weighted by Gasteiger charge is -2.24. The smallest absolute Gasteiger partial charge is 0.242 e. The van der Waals surface area contributed by atoms with Crippen molar-refractivity contribution in [3.05, 3.63) is 108 Å². The average Bonchev–Trinajstić information content (AvgIpc) is 3.18. The number of unbranched alkanes of at least 4 members (excludes halogenated alkanes) is 6. The molecule has 0 heterocycles. The Morgan fingerprint density at radius 3 is 1.33 bits per heavy atom. The van der Waals surface area contributed by atoms with Crippen molar-refractivity contribution in [1.29, 1.82) is 0 Å². The maximum Gasteiger partial charge on any atom is 0.242 e. The van der Waals surface area contributed by atoms with Crippen LogP contribution < -0.4 is 21.3 Å². The van der Waals surface area contributed by atoms with Gasteiger partial charge in [0.2, 0.25) is 11.8 Å². The lowest BCUT2D eigenvalue weighted by atomic mass is 9.99. The molecule has 2 unspecified atom stereocenters. The molecular formula is C43H60N4O6S2. The number of benzene rings is 2. The second-order valence-electron chi connectivity index (χ2n) is 14.2. The van der Waals surface area contributed by atoms with E-state index in [0.29, 0.717) is 69.4 Å². The molecule has 0 saturated heterocycles. The Morgan fingerprint density at radius 2 is 0.945 bits per heavy atom. The van der Waals surface area contributed by atoms with Crippen LogP contribution in [-0.2, 0) is 29.3 Å². The summed E-state index contributed by atoms with van der Waals surface area (Å²) in [7, 11) is -7.96. The maximum absolute atomic E-state index is 13.9. The minimum absolute atomic E-state index is 0.124. The molecule has 4 N–H and O–H groups in total. The molecule has 2 aromatic rings. The van der Waals surface area contributed by atoms with Gasteiger partial charge in [-0.3, -0.25) is 9.59 Å². The molecule has 2 amide bonds. The van der Waals surface area contributed by atoms with Crippen molar-refractivity contribution in [2.75, 3.05) is 26.2 Å². The average molecular weight is 793 g/mol. The van der Waals surface area contributed by atoms with Crippen molar-refractivity contribution in [3.63, 3.8) is 0 Å². The molecule has 2 aliphatic rings. The zero-order valence-corrected chi connectivity index (χ0v) is 34.2. The van der Waals surface area contributed by atoms with Gasteiger partial charge in [-0.1, -0.05) is 101 Å². The van der Waals surface area contributed by atoms with Crippen molar-refractivity contribution in [1.82, 2.24) is 21.3 Å². The van der Waals surface area contributed by atoms with Crippen molar-refractivity contribution < 1.29 is 26.4 Å². The molecule has 12 heteroatoms. The molecule has 0 bridgehead atoms. The fourth-order valence-electron chi connectivity index (χ4n) is 6.89. The van der Waals surface area contributed by atoms with Crippen molar-refractivity contribution in [3.8, 4) is 0 Å². The minimum atomic E-state index is -3.98. The molecule has 300 valence electrons. The molecule has 0 fully saturated rings. The van der Waals surface area contributed by atoms with E-state index in [1.807, 2.05) is 12.2 Å². The molecule has 55 heavy (non-hydrogen) atoms. The topological polar surface area (TPSA) is 151 Å². The summed E-state index contributed by atoms with van der Waals surface area (Å²) in [6.45, 7) is 6.27. The second-order valence-corrected chi connectivity index (χ2v) is 18.3. The van der Waals surface area contributed by atoms with Crippen LogP contribution in [0.2, 0.25) is 0 Å². The van der Waals surface area contributed by atoms with E-state index in [9.17, 15) is 26.4 Å². The molecule has 2 atom stereocenters. The number of sulfone groups is 2. The van der Waals surface area contributed by atoms with E-state index in [-0.39, 0.29) is 9.79 Å². The minimum Gasteiger partial charge on any atom is -0.385 e. The number of hydrogen-bond donors (Lipinski definition) is 4. The van der Waals surface area contributed by atoms with Crippen LogP contribution in [-0.4, -0.2) is 65.3 Å². The van der Waals surface area contributed by atoms with Gasteiger partial charge in [0.1, 0.15) is 0 Å². The molecule has 2 aromatic carbocycles. The molecule has 0 aliphatic heterocycles. The Labute approximate surface area is 329 Å². The van der Waals surface area contributed by atoms with Gasteiger partial charge in [-0.25, -0.2) is 16.8 Å². The third kappa shape index (κ3) is 13.0. The van der Waals surface area contributed by atoms with Gasteiger partial charge in [0.05, 0.1) is 9.79 Å². The summed E-state index contributed by atoms with van der Waals surface area (Å²) in [4.78, 5) is 27.3. The molecule has 0 radical (unpaired) electrons. The Kier molecular flexibility index (Phi) is 17.7. The van der Waals surface area contributed by atoms with E-state index in [2.05, 4.69) is 35.1 Å². The van der Waals surface area contributed by atoms with E-state index in [4.69, 9.17) is 0 Å². The Bertz CT molecular complexity index is 1750. The first-order valence-corrected chi connectivity index (χ1v) is 23.1. The van der Waals surface area contributed by atoms with E-state index >= 15 is 0 Å². The van der Waals surface area contributed by atoms with Crippen LogP contribution in [0.3, 0.4) is 0 Å². The van der Waals surface area contributed by atoms with Gasteiger partial charge in [0, 0.05) is 37.6 Å². The number of hydrogen-bond acceptors (Lipinski definition) is 8. The van der Waals surface area contributed by atoms with Crippen LogP contribution >= 0.6 is 0 Å². The highest BCUT2D eigenvalue weighted by molar-refractivity contribution is 7.93. The molecule has 10 nitrogen and oxygen atoms in total. The van der Waals surface area contributed by atoms with E-state index in [0.717, 1.165) is 62.8 Å². The van der Waals surface area contributed by atoms with Gasteiger partial charge < -0.3 is 21.3 Å². The second kappa shape index (κ2) is 22.4. The standard InChI is InChI=1S/C43H60N4O6S2/c1-3-5-7-15-28-46-42(48)40(54(50,51)38-24-11-9-12-25-38)34-20-17-22-36(32-34)44-30-19-31-45-37-23-18-21-35(33-37)41(43(49)47-29-16-8-6-4-2)55(52,53)39-26-13-10-14-27-39/h9-14,22-27,32-33,40-41,44-45H,3-8,15-21,28-31H2,1-2H3,(H,46,48)(H,47,49). The number of rotatable bonds is 24. The normalized spacial score (nSPS) is 15.7. The molecular weight excluding hydrogens is 733 g/mol. The summed E-state index contributed by atoms with van der Waals surface area (Å²) < 4.78 is 55.4. The van der Waals surface area contributed by atoms with Crippen LogP contribution in [0.15, 0.2) is 117 Å². The van der Waals surface area contributed by atoms with Crippen molar-refractivity contribution in [2.45, 2.75) is 118 Å². The fraction of sp³-hybridized carbons (Fsp3) is 0.488. The SMILES string of the molecule is CCCCCCNC(=O)C(C1=CC(NCCCNC2=CCCC(C(C(=O)NCCCCCC)S(=O)(=O)c3ccccc3)=C2)=CCC1)S(=O)(=O)c1ccccc1. The zero-order chi connectivity index (χ0) is 39.5. The summed E-state index contributed by atoms with van der Waals surface area (Å²) in [5.74, 6) is -0.984. The number of carbonyl (C=O) groups excluding carboxylic acids is 2. The number of nitrogens with one attached hydrogen (secondary N) is 4. The predicted octanol–water partition coefficient (Wildman–Crippen LogP) is 6.84. The summed E-state index contributed by atoms with van der Waals surface area (Å²) in [6, 6.07) is 16.3. The van der Waals surface area contributed by atoms with Crippen LogP contribution in [0.1, 0.15) is 97.3 Å². The lowest BCUT2D eigenvalue weighted by Crippen LogP contribution is -2.42. The van der Waals surface area contributed by atoms with Gasteiger partial charge >= 0.3 is 0 Å². The molecule has 0 aromatic heterocycles. The predicted molar refractivity (Wildman–Crippen MR) is 221 cm³/mol. The van der Waals surface area contributed by atoms with Crippen LogP contribution in [0, 0.1) is 0 Å². The highest BCUT2D eigenvalue weighted by Gasteiger charge is 2.38. The van der Waals surface area contributed by atoms with Crippen molar-refractivity contribution >= 4 is 31.5 Å². The number of carbonyl (C=O) groups is 2. The van der Waals surface area contributed by atoms with E-state index in [1.165, 1.54) is 24.3 Å². The molecule has 0 spiro atoms. The van der Waals surface area contributed by atoms with Gasteiger partial charge in [-0.2, -0.15) is 0 Å². The van der Waals surface area contributed by atoms with Gasteiger partial charge in [-0.15, -0.1) is 0 Å². The maximum atomic E-state index is 13.9. The van der Waals surface area contributed by atoms with Gasteiger partial charge in [0.15, 0.2) is 30.2 Å². The lowest BCUT2D eigenvalue weighted by molar-refractivity contribution is -0.121. The van der Waals surface area contributed by atoms with Crippen molar-refractivity contribution in [2.24, 2.45) is 0 Å². The molecule has 2 aliphatic carbocycles. The summed E-state index contributed by atoms with van der Waals surface area (Å²) in [5.41, 5.74) is 2.68. The fourth-order valence-corrected chi connectivity index (χ4v) is 10.4. The van der Waals surface area contributed by atoms with Crippen LogP contribution in [0.5, 0.6) is 0 Å². The summed E-state index contributed by atoms with van der Waals surface area (Å²) in [6.07, 6.45) is 18.3. The number of allylic oxidation sites excluding steroid dienone is 4. The Balaban J connectivity index is 1.38. The highest BCUT2D eigenvalue weighted by Crippen LogP contribution is 2.30. The third-order valence-electron chi connectivity index (χ3n) is 9.86.